The van der Waals surface area contributed by atoms with Crippen molar-refractivity contribution in [1.82, 2.24) is 4.57 Å². The van der Waals surface area contributed by atoms with Crippen molar-refractivity contribution in [3.05, 3.63) is 48.0 Å². The molecule has 0 spiro atoms. The quantitative estimate of drug-likeness (QED) is 0.365. The van der Waals surface area contributed by atoms with Crippen LogP contribution in [0.2, 0.25) is 0 Å². The molecule has 0 radical (unpaired) electrons. The first kappa shape index (κ1) is 23.3. The summed E-state index contributed by atoms with van der Waals surface area (Å²) in [5.41, 5.74) is 4.47. The molecule has 5 rings (SSSR count). The van der Waals surface area contributed by atoms with Gasteiger partial charge in [-0.15, -0.1) is 0 Å². The van der Waals surface area contributed by atoms with E-state index in [0.717, 1.165) is 72.1 Å². The highest BCUT2D eigenvalue weighted by Gasteiger charge is 2.28. The van der Waals surface area contributed by atoms with Gasteiger partial charge in [0.2, 0.25) is 0 Å². The molecule has 0 saturated heterocycles. The van der Waals surface area contributed by atoms with Crippen molar-refractivity contribution >= 4 is 22.7 Å². The average molecular weight is 472 g/mol. The van der Waals surface area contributed by atoms with Crippen LogP contribution in [0.5, 0.6) is 5.75 Å². The number of aromatic nitrogens is 1. The minimum Gasteiger partial charge on any atom is -0.494 e. The molecule has 2 aliphatic carbocycles. The van der Waals surface area contributed by atoms with Crippen LogP contribution in [-0.4, -0.2) is 29.9 Å². The Morgan fingerprint density at radius 3 is 2.40 bits per heavy atom. The Morgan fingerprint density at radius 2 is 1.80 bits per heavy atom. The van der Waals surface area contributed by atoms with Gasteiger partial charge in [0.1, 0.15) is 17.9 Å². The Kier molecular flexibility index (Phi) is 6.68. The fourth-order valence-corrected chi connectivity index (χ4v) is 5.40. The van der Waals surface area contributed by atoms with Crippen molar-refractivity contribution < 1.29 is 14.3 Å². The van der Waals surface area contributed by atoms with Gasteiger partial charge in [-0.1, -0.05) is 12.1 Å². The number of hydrogen-bond acceptors (Lipinski definition) is 4. The molecule has 6 heteroatoms. The normalized spacial score (nSPS) is 16.1. The minimum atomic E-state index is -0.281. The summed E-state index contributed by atoms with van der Waals surface area (Å²) in [6, 6.07) is 16.8. The minimum absolute atomic E-state index is 0.0359. The molecular weight excluding hydrogens is 438 g/mol. The Bertz CT molecular complexity index is 1240. The number of fused-ring (bicyclic) bond motifs is 1. The van der Waals surface area contributed by atoms with E-state index in [1.54, 1.807) is 4.90 Å². The summed E-state index contributed by atoms with van der Waals surface area (Å²) in [5.74, 6) is 0.823. The van der Waals surface area contributed by atoms with Gasteiger partial charge >= 0.3 is 6.09 Å². The molecule has 2 fully saturated rings. The molecular formula is C29H33N3O3. The zero-order valence-electron chi connectivity index (χ0n) is 20.6. The number of ether oxygens (including phenoxy) is 2. The average Bonchev–Trinajstić information content (AvgIpc) is 3.45. The van der Waals surface area contributed by atoms with Gasteiger partial charge in [0, 0.05) is 29.7 Å². The molecule has 6 nitrogen and oxygen atoms in total. The van der Waals surface area contributed by atoms with Crippen molar-refractivity contribution in [1.29, 1.82) is 5.26 Å². The predicted octanol–water partition coefficient (Wildman–Crippen LogP) is 7.21. The number of anilines is 1. The van der Waals surface area contributed by atoms with Crippen molar-refractivity contribution in [2.45, 2.75) is 70.9 Å². The smallest absolute Gasteiger partial charge is 0.414 e. The number of nitrogens with zero attached hydrogens (tertiary/aromatic N) is 3. The van der Waals surface area contributed by atoms with Crippen LogP contribution < -0.4 is 9.64 Å². The maximum atomic E-state index is 12.8. The summed E-state index contributed by atoms with van der Waals surface area (Å²) >= 11 is 0. The van der Waals surface area contributed by atoms with Crippen LogP contribution in [0.25, 0.3) is 22.2 Å². The number of benzene rings is 2. The number of carbonyl (C=O) groups excluding carboxylic acids is 1. The third-order valence-electron chi connectivity index (χ3n) is 7.40. The van der Waals surface area contributed by atoms with Crippen molar-refractivity contribution in [3.8, 4) is 23.1 Å². The van der Waals surface area contributed by atoms with Crippen molar-refractivity contribution in [2.24, 2.45) is 0 Å². The van der Waals surface area contributed by atoms with E-state index in [0.29, 0.717) is 24.8 Å². The molecule has 2 saturated carbocycles. The Morgan fingerprint density at radius 1 is 1.06 bits per heavy atom. The van der Waals surface area contributed by atoms with Crippen LogP contribution in [0, 0.1) is 11.3 Å². The maximum absolute atomic E-state index is 12.8. The monoisotopic (exact) mass is 471 g/mol. The van der Waals surface area contributed by atoms with Gasteiger partial charge in [-0.05, 0) is 88.6 Å². The lowest BCUT2D eigenvalue weighted by Crippen LogP contribution is -2.33. The SMILES string of the molecule is CCOc1ccc2c(C#N)c(-c3ccc(N(CC)C(=O)OC4CCCC4)cc3)n(C3CCC3)c2c1. The number of rotatable bonds is 7. The largest absolute Gasteiger partial charge is 0.494 e. The predicted molar refractivity (Wildman–Crippen MR) is 138 cm³/mol. The second-order valence-electron chi connectivity index (χ2n) is 9.48. The van der Waals surface area contributed by atoms with Gasteiger partial charge < -0.3 is 14.0 Å². The second-order valence-corrected chi connectivity index (χ2v) is 9.48. The Hall–Kier alpha value is -3.46. The third-order valence-corrected chi connectivity index (χ3v) is 7.40. The van der Waals surface area contributed by atoms with Gasteiger partial charge in [-0.2, -0.15) is 5.26 Å². The molecule has 1 aromatic heterocycles. The molecule has 182 valence electrons. The molecule has 0 N–H and O–H groups in total. The highest BCUT2D eigenvalue weighted by Crippen LogP contribution is 2.43. The first-order valence-electron chi connectivity index (χ1n) is 12.9. The van der Waals surface area contributed by atoms with E-state index in [-0.39, 0.29) is 12.2 Å². The topological polar surface area (TPSA) is 67.5 Å². The Labute approximate surface area is 207 Å². The van der Waals surface area contributed by atoms with Crippen LogP contribution in [-0.2, 0) is 4.74 Å². The van der Waals surface area contributed by atoms with E-state index in [1.165, 1.54) is 6.42 Å². The Balaban J connectivity index is 1.52. The molecule has 1 heterocycles. The van der Waals surface area contributed by atoms with Gasteiger partial charge in [-0.25, -0.2) is 4.79 Å². The van der Waals surface area contributed by atoms with Crippen LogP contribution in [0.4, 0.5) is 10.5 Å². The van der Waals surface area contributed by atoms with Crippen LogP contribution >= 0.6 is 0 Å². The molecule has 3 aromatic rings. The lowest BCUT2D eigenvalue weighted by Gasteiger charge is -2.30. The highest BCUT2D eigenvalue weighted by molar-refractivity contribution is 5.96. The maximum Gasteiger partial charge on any atom is 0.414 e. The van der Waals surface area contributed by atoms with Crippen molar-refractivity contribution in [2.75, 3.05) is 18.1 Å². The summed E-state index contributed by atoms with van der Waals surface area (Å²) in [6.45, 7) is 5.08. The second kappa shape index (κ2) is 10.0. The summed E-state index contributed by atoms with van der Waals surface area (Å²) < 4.78 is 13.8. The van der Waals surface area contributed by atoms with E-state index in [2.05, 4.69) is 16.7 Å². The number of carbonyl (C=O) groups is 1. The molecule has 0 atom stereocenters. The van der Waals surface area contributed by atoms with E-state index < -0.39 is 0 Å². The number of amides is 1. The van der Waals surface area contributed by atoms with Gasteiger partial charge in [0.25, 0.3) is 0 Å². The van der Waals surface area contributed by atoms with Gasteiger partial charge in [0.05, 0.1) is 23.4 Å². The molecule has 2 aliphatic rings. The highest BCUT2D eigenvalue weighted by atomic mass is 16.6. The number of nitriles is 1. The molecule has 35 heavy (non-hydrogen) atoms. The molecule has 1 amide bonds. The first-order valence-corrected chi connectivity index (χ1v) is 12.9. The zero-order chi connectivity index (χ0) is 24.4. The third kappa shape index (κ3) is 4.36. The van der Waals surface area contributed by atoms with Crippen LogP contribution in [0.3, 0.4) is 0 Å². The lowest BCUT2D eigenvalue weighted by molar-refractivity contribution is 0.108. The van der Waals surface area contributed by atoms with Crippen molar-refractivity contribution in [3.63, 3.8) is 0 Å². The summed E-state index contributed by atoms with van der Waals surface area (Å²) in [5, 5.41) is 11.1. The van der Waals surface area contributed by atoms with Crippen LogP contribution in [0.1, 0.15) is 70.4 Å². The molecule has 0 unspecified atom stereocenters. The lowest BCUT2D eigenvalue weighted by atomic mass is 9.92. The fraction of sp³-hybridized carbons (Fsp3) is 0.448. The van der Waals surface area contributed by atoms with Gasteiger partial charge in [-0.3, -0.25) is 4.90 Å². The molecule has 0 bridgehead atoms. The first-order chi connectivity index (χ1) is 17.1. The van der Waals surface area contributed by atoms with Gasteiger partial charge in [0.15, 0.2) is 0 Å². The summed E-state index contributed by atoms with van der Waals surface area (Å²) in [6.07, 6.45) is 7.33. The number of hydrogen-bond donors (Lipinski definition) is 0. The van der Waals surface area contributed by atoms with E-state index in [1.807, 2.05) is 50.2 Å². The summed E-state index contributed by atoms with van der Waals surface area (Å²) in [4.78, 5) is 14.5. The van der Waals surface area contributed by atoms with E-state index >= 15 is 0 Å². The standard InChI is InChI=1S/C29H33N3O3/c1-3-31(29(33)35-23-10-5-6-11-23)21-14-12-20(13-15-21)28-26(19-30)25-17-16-24(34-4-2)18-27(25)32(28)22-8-7-9-22/h12-18,22-23H,3-11H2,1-2H3. The zero-order valence-corrected chi connectivity index (χ0v) is 20.6. The fourth-order valence-electron chi connectivity index (χ4n) is 5.40. The van der Waals surface area contributed by atoms with E-state index in [4.69, 9.17) is 9.47 Å². The molecule has 2 aromatic carbocycles. The summed E-state index contributed by atoms with van der Waals surface area (Å²) in [7, 11) is 0. The van der Waals surface area contributed by atoms with Crippen LogP contribution in [0.15, 0.2) is 42.5 Å². The molecule has 0 aliphatic heterocycles. The van der Waals surface area contributed by atoms with E-state index in [9.17, 15) is 10.1 Å².